The number of thiophene rings is 1. The molecule has 1 amide bonds. The third-order valence-electron chi connectivity index (χ3n) is 2.22. The number of hydrogen-bond donors (Lipinski definition) is 2. The van der Waals surface area contributed by atoms with E-state index in [0.29, 0.717) is 15.6 Å². The van der Waals surface area contributed by atoms with Gasteiger partial charge in [-0.05, 0) is 23.6 Å². The minimum absolute atomic E-state index is 0.0607. The third-order valence-corrected chi connectivity index (χ3v) is 4.83. The molecule has 3 N–H and O–H groups in total. The van der Waals surface area contributed by atoms with E-state index in [1.165, 1.54) is 11.3 Å². The Kier molecular flexibility index (Phi) is 4.11. The number of anilines is 2. The van der Waals surface area contributed by atoms with Gasteiger partial charge in [0.1, 0.15) is 5.75 Å². The molecule has 6 heteroatoms. The molecular formula is C12H12N2O2S2. The predicted octanol–water partition coefficient (Wildman–Crippen LogP) is 2.08. The van der Waals surface area contributed by atoms with Crippen molar-refractivity contribution in [2.75, 3.05) is 16.8 Å². The zero-order valence-electron chi connectivity index (χ0n) is 9.46. The van der Waals surface area contributed by atoms with Crippen LogP contribution in [0.15, 0.2) is 46.0 Å². The van der Waals surface area contributed by atoms with Crippen LogP contribution in [0, 0.1) is 0 Å². The lowest BCUT2D eigenvalue weighted by Crippen LogP contribution is -2.19. The molecule has 0 bridgehead atoms. The normalized spacial score (nSPS) is 12.0. The van der Waals surface area contributed by atoms with Gasteiger partial charge in [0.2, 0.25) is 5.91 Å². The molecular weight excluding hydrogens is 268 g/mol. The first-order valence-electron chi connectivity index (χ1n) is 5.23. The fourth-order valence-corrected chi connectivity index (χ4v) is 3.28. The van der Waals surface area contributed by atoms with Gasteiger partial charge in [0, 0.05) is 0 Å². The van der Waals surface area contributed by atoms with Crippen LogP contribution in [-0.2, 0) is 15.6 Å². The first kappa shape index (κ1) is 12.8. The Balaban J connectivity index is 1.98. The second kappa shape index (κ2) is 5.79. The summed E-state index contributed by atoms with van der Waals surface area (Å²) in [6, 6.07) is 10.5. The number of amides is 1. The zero-order chi connectivity index (χ0) is 13.0. The van der Waals surface area contributed by atoms with Crippen LogP contribution in [0.4, 0.5) is 11.4 Å². The minimum Gasteiger partial charge on any atom is -0.397 e. The number of nitrogen functional groups attached to an aromatic ring is 1. The SMILES string of the molecule is Nc1ccccc1NC(=O)CS(=O)c1cccs1. The Morgan fingerprint density at radius 1 is 1.28 bits per heavy atom. The summed E-state index contributed by atoms with van der Waals surface area (Å²) < 4.78 is 12.5. The molecule has 0 radical (unpaired) electrons. The molecule has 1 atom stereocenters. The molecule has 94 valence electrons. The fraction of sp³-hybridized carbons (Fsp3) is 0.0833. The number of para-hydroxylation sites is 2. The Hall–Kier alpha value is -1.66. The molecule has 0 saturated carbocycles. The Labute approximate surface area is 111 Å². The van der Waals surface area contributed by atoms with E-state index in [4.69, 9.17) is 5.73 Å². The van der Waals surface area contributed by atoms with Gasteiger partial charge < -0.3 is 11.1 Å². The summed E-state index contributed by atoms with van der Waals surface area (Å²) in [5, 5.41) is 4.48. The summed E-state index contributed by atoms with van der Waals surface area (Å²) in [6.45, 7) is 0. The van der Waals surface area contributed by atoms with Crippen LogP contribution in [0.25, 0.3) is 0 Å². The second-order valence-corrected chi connectivity index (χ2v) is 6.18. The minimum atomic E-state index is -1.30. The van der Waals surface area contributed by atoms with Gasteiger partial charge in [0.25, 0.3) is 0 Å². The maximum absolute atomic E-state index is 11.8. The highest BCUT2D eigenvalue weighted by atomic mass is 32.2. The summed E-state index contributed by atoms with van der Waals surface area (Å²) in [5.41, 5.74) is 6.75. The molecule has 0 saturated heterocycles. The predicted molar refractivity (Wildman–Crippen MR) is 75.1 cm³/mol. The first-order valence-corrected chi connectivity index (χ1v) is 7.43. The number of benzene rings is 1. The molecule has 2 aromatic rings. The summed E-state index contributed by atoms with van der Waals surface area (Å²) in [7, 11) is -1.30. The van der Waals surface area contributed by atoms with Crippen molar-refractivity contribution < 1.29 is 9.00 Å². The maximum Gasteiger partial charge on any atom is 0.237 e. The van der Waals surface area contributed by atoms with Crippen molar-refractivity contribution in [1.29, 1.82) is 0 Å². The van der Waals surface area contributed by atoms with Crippen molar-refractivity contribution in [3.05, 3.63) is 41.8 Å². The number of nitrogens with two attached hydrogens (primary N) is 1. The third kappa shape index (κ3) is 3.18. The number of carbonyl (C=O) groups is 1. The maximum atomic E-state index is 11.8. The zero-order valence-corrected chi connectivity index (χ0v) is 11.1. The van der Waals surface area contributed by atoms with E-state index >= 15 is 0 Å². The van der Waals surface area contributed by atoms with Crippen molar-refractivity contribution in [2.45, 2.75) is 4.21 Å². The van der Waals surface area contributed by atoms with Crippen LogP contribution in [-0.4, -0.2) is 15.9 Å². The number of carbonyl (C=O) groups excluding carboxylic acids is 1. The van der Waals surface area contributed by atoms with Gasteiger partial charge in [0.05, 0.1) is 26.4 Å². The standard InChI is InChI=1S/C12H12N2O2S2/c13-9-4-1-2-5-10(9)14-11(15)8-18(16)12-6-3-7-17-12/h1-7H,8,13H2,(H,14,15). The van der Waals surface area contributed by atoms with Gasteiger partial charge >= 0.3 is 0 Å². The Morgan fingerprint density at radius 3 is 2.72 bits per heavy atom. The van der Waals surface area contributed by atoms with E-state index in [1.54, 1.807) is 30.3 Å². The van der Waals surface area contributed by atoms with Crippen LogP contribution < -0.4 is 11.1 Å². The molecule has 1 heterocycles. The Morgan fingerprint density at radius 2 is 2.06 bits per heavy atom. The quantitative estimate of drug-likeness (QED) is 0.842. The monoisotopic (exact) mass is 280 g/mol. The van der Waals surface area contributed by atoms with Gasteiger partial charge in [-0.3, -0.25) is 9.00 Å². The largest absolute Gasteiger partial charge is 0.397 e. The van der Waals surface area contributed by atoms with Crippen molar-refractivity contribution in [1.82, 2.24) is 0 Å². The average molecular weight is 280 g/mol. The van der Waals surface area contributed by atoms with E-state index in [0.717, 1.165) is 0 Å². The molecule has 0 spiro atoms. The lowest BCUT2D eigenvalue weighted by molar-refractivity contribution is -0.113. The van der Waals surface area contributed by atoms with Crippen molar-refractivity contribution in [3.63, 3.8) is 0 Å². The van der Waals surface area contributed by atoms with E-state index in [9.17, 15) is 9.00 Å². The van der Waals surface area contributed by atoms with E-state index in [1.807, 2.05) is 11.4 Å². The summed E-state index contributed by atoms with van der Waals surface area (Å²) in [4.78, 5) is 11.7. The van der Waals surface area contributed by atoms with Crippen LogP contribution in [0.5, 0.6) is 0 Å². The second-order valence-electron chi connectivity index (χ2n) is 3.56. The van der Waals surface area contributed by atoms with Crippen molar-refractivity contribution in [3.8, 4) is 0 Å². The molecule has 1 unspecified atom stereocenters. The van der Waals surface area contributed by atoms with Crippen LogP contribution in [0.3, 0.4) is 0 Å². The molecule has 1 aromatic carbocycles. The lowest BCUT2D eigenvalue weighted by Gasteiger charge is -2.07. The number of hydrogen-bond acceptors (Lipinski definition) is 4. The van der Waals surface area contributed by atoms with Crippen molar-refractivity contribution in [2.24, 2.45) is 0 Å². The topological polar surface area (TPSA) is 72.2 Å². The summed E-state index contributed by atoms with van der Waals surface area (Å²) in [6.07, 6.45) is 0. The van der Waals surface area contributed by atoms with E-state index < -0.39 is 10.8 Å². The van der Waals surface area contributed by atoms with Gasteiger partial charge in [0.15, 0.2) is 0 Å². The molecule has 18 heavy (non-hydrogen) atoms. The highest BCUT2D eigenvalue weighted by molar-refractivity contribution is 7.88. The number of rotatable bonds is 4. The highest BCUT2D eigenvalue weighted by Gasteiger charge is 2.11. The van der Waals surface area contributed by atoms with Gasteiger partial charge in [-0.25, -0.2) is 0 Å². The molecule has 2 rings (SSSR count). The molecule has 1 aromatic heterocycles. The smallest absolute Gasteiger partial charge is 0.237 e. The molecule has 0 aliphatic heterocycles. The van der Waals surface area contributed by atoms with Gasteiger partial charge in [-0.1, -0.05) is 18.2 Å². The lowest BCUT2D eigenvalue weighted by atomic mass is 10.3. The molecule has 0 aliphatic rings. The first-order chi connectivity index (χ1) is 8.66. The molecule has 0 aliphatic carbocycles. The Bertz CT molecular complexity index is 567. The van der Waals surface area contributed by atoms with Gasteiger partial charge in [-0.15, -0.1) is 11.3 Å². The van der Waals surface area contributed by atoms with Crippen LogP contribution in [0.2, 0.25) is 0 Å². The number of nitrogens with one attached hydrogen (secondary N) is 1. The van der Waals surface area contributed by atoms with Gasteiger partial charge in [-0.2, -0.15) is 0 Å². The average Bonchev–Trinajstić information content (AvgIpc) is 2.85. The van der Waals surface area contributed by atoms with E-state index in [-0.39, 0.29) is 11.7 Å². The van der Waals surface area contributed by atoms with Crippen LogP contribution >= 0.6 is 11.3 Å². The fourth-order valence-electron chi connectivity index (χ4n) is 1.38. The molecule has 4 nitrogen and oxygen atoms in total. The summed E-state index contributed by atoms with van der Waals surface area (Å²) in [5.74, 6) is -0.367. The van der Waals surface area contributed by atoms with Crippen molar-refractivity contribution >= 4 is 39.4 Å². The van der Waals surface area contributed by atoms with Crippen LogP contribution in [0.1, 0.15) is 0 Å². The van der Waals surface area contributed by atoms with E-state index in [2.05, 4.69) is 5.32 Å². The summed E-state index contributed by atoms with van der Waals surface area (Å²) >= 11 is 1.38. The highest BCUT2D eigenvalue weighted by Crippen LogP contribution is 2.18. The molecule has 0 fully saturated rings.